The van der Waals surface area contributed by atoms with Gasteiger partial charge in [0.1, 0.15) is 11.5 Å². The first-order chi connectivity index (χ1) is 9.56. The van der Waals surface area contributed by atoms with Gasteiger partial charge in [-0.15, -0.1) is 0 Å². The van der Waals surface area contributed by atoms with E-state index in [-0.39, 0.29) is 0 Å². The molecule has 1 aromatic rings. The standard InChI is InChI=1S/C16H25NO3/c1-17(12-16(18)8-4-5-9-16)11-13-10-14(19-2)6-7-15(13)20-3/h6-7,10,18H,4-5,8-9,11-12H2,1-3H3. The second-order valence-electron chi connectivity index (χ2n) is 5.78. The summed E-state index contributed by atoms with van der Waals surface area (Å²) in [5, 5.41) is 10.5. The normalized spacial score (nSPS) is 17.4. The molecule has 4 nitrogen and oxygen atoms in total. The SMILES string of the molecule is COc1ccc(OC)c(CN(C)CC2(O)CCCC2)c1. The molecule has 112 valence electrons. The third kappa shape index (κ3) is 3.64. The van der Waals surface area contributed by atoms with E-state index in [1.807, 2.05) is 25.2 Å². The molecule has 1 aliphatic carbocycles. The third-order valence-corrected chi connectivity index (χ3v) is 4.03. The first kappa shape index (κ1) is 15.1. The molecule has 0 saturated heterocycles. The van der Waals surface area contributed by atoms with Crippen molar-refractivity contribution < 1.29 is 14.6 Å². The zero-order valence-corrected chi connectivity index (χ0v) is 12.7. The van der Waals surface area contributed by atoms with Crippen molar-refractivity contribution in [3.63, 3.8) is 0 Å². The first-order valence-electron chi connectivity index (χ1n) is 7.18. The van der Waals surface area contributed by atoms with Gasteiger partial charge in [-0.1, -0.05) is 12.8 Å². The summed E-state index contributed by atoms with van der Waals surface area (Å²) in [6.07, 6.45) is 4.08. The number of likely N-dealkylation sites (N-methyl/N-ethyl adjacent to an activating group) is 1. The molecule has 0 bridgehead atoms. The number of methoxy groups -OCH3 is 2. The average molecular weight is 279 g/mol. The van der Waals surface area contributed by atoms with Gasteiger partial charge in [-0.3, -0.25) is 4.90 Å². The third-order valence-electron chi connectivity index (χ3n) is 4.03. The summed E-state index contributed by atoms with van der Waals surface area (Å²) in [6.45, 7) is 1.44. The average Bonchev–Trinajstić information content (AvgIpc) is 2.84. The van der Waals surface area contributed by atoms with Crippen molar-refractivity contribution in [1.29, 1.82) is 0 Å². The summed E-state index contributed by atoms with van der Waals surface area (Å²) in [4.78, 5) is 2.16. The molecular weight excluding hydrogens is 254 g/mol. The topological polar surface area (TPSA) is 41.9 Å². The van der Waals surface area contributed by atoms with Gasteiger partial charge in [-0.2, -0.15) is 0 Å². The van der Waals surface area contributed by atoms with Crippen LogP contribution in [0.5, 0.6) is 11.5 Å². The fourth-order valence-electron chi connectivity index (χ4n) is 3.05. The predicted molar refractivity (Wildman–Crippen MR) is 79.3 cm³/mol. The van der Waals surface area contributed by atoms with Crippen LogP contribution in [-0.4, -0.2) is 43.4 Å². The molecule has 0 radical (unpaired) electrons. The second kappa shape index (κ2) is 6.46. The van der Waals surface area contributed by atoms with Gasteiger partial charge in [-0.05, 0) is 38.1 Å². The van der Waals surface area contributed by atoms with Crippen LogP contribution in [0.3, 0.4) is 0 Å². The van der Waals surface area contributed by atoms with Crippen LogP contribution in [-0.2, 0) is 6.54 Å². The van der Waals surface area contributed by atoms with Crippen LogP contribution in [0.15, 0.2) is 18.2 Å². The van der Waals surface area contributed by atoms with Crippen LogP contribution >= 0.6 is 0 Å². The van der Waals surface area contributed by atoms with Crippen molar-refractivity contribution in [2.24, 2.45) is 0 Å². The quantitative estimate of drug-likeness (QED) is 0.868. The minimum Gasteiger partial charge on any atom is -0.497 e. The highest BCUT2D eigenvalue weighted by Gasteiger charge is 2.32. The first-order valence-corrected chi connectivity index (χ1v) is 7.18. The van der Waals surface area contributed by atoms with Gasteiger partial charge < -0.3 is 14.6 Å². The lowest BCUT2D eigenvalue weighted by Crippen LogP contribution is -2.38. The van der Waals surface area contributed by atoms with E-state index >= 15 is 0 Å². The Morgan fingerprint density at radius 3 is 2.50 bits per heavy atom. The molecule has 4 heteroatoms. The van der Waals surface area contributed by atoms with E-state index < -0.39 is 5.60 Å². The Morgan fingerprint density at radius 2 is 1.90 bits per heavy atom. The van der Waals surface area contributed by atoms with Gasteiger partial charge in [0.05, 0.1) is 19.8 Å². The zero-order valence-electron chi connectivity index (χ0n) is 12.7. The van der Waals surface area contributed by atoms with Crippen molar-refractivity contribution in [1.82, 2.24) is 4.90 Å². The number of aliphatic hydroxyl groups is 1. The van der Waals surface area contributed by atoms with Gasteiger partial charge in [0.15, 0.2) is 0 Å². The minimum atomic E-state index is -0.513. The summed E-state index contributed by atoms with van der Waals surface area (Å²) >= 11 is 0. The molecule has 0 amide bonds. The van der Waals surface area contributed by atoms with Gasteiger partial charge in [-0.25, -0.2) is 0 Å². The van der Waals surface area contributed by atoms with Gasteiger partial charge >= 0.3 is 0 Å². The molecule has 0 atom stereocenters. The molecule has 2 rings (SSSR count). The molecule has 0 aliphatic heterocycles. The molecule has 1 saturated carbocycles. The van der Waals surface area contributed by atoms with E-state index in [0.29, 0.717) is 6.54 Å². The van der Waals surface area contributed by atoms with Crippen LogP contribution in [0.4, 0.5) is 0 Å². The fraction of sp³-hybridized carbons (Fsp3) is 0.625. The number of rotatable bonds is 6. The van der Waals surface area contributed by atoms with Crippen molar-refractivity contribution in [2.75, 3.05) is 27.8 Å². The van der Waals surface area contributed by atoms with Gasteiger partial charge in [0.2, 0.25) is 0 Å². The van der Waals surface area contributed by atoms with E-state index in [1.165, 1.54) is 0 Å². The second-order valence-corrected chi connectivity index (χ2v) is 5.78. The predicted octanol–water partition coefficient (Wildman–Crippen LogP) is 2.44. The summed E-state index contributed by atoms with van der Waals surface area (Å²) < 4.78 is 10.7. The molecule has 0 aromatic heterocycles. The molecule has 1 aromatic carbocycles. The fourth-order valence-corrected chi connectivity index (χ4v) is 3.05. The summed E-state index contributed by atoms with van der Waals surface area (Å²) in [5.41, 5.74) is 0.567. The molecule has 1 aliphatic rings. The summed E-state index contributed by atoms with van der Waals surface area (Å²) in [6, 6.07) is 5.81. The van der Waals surface area contributed by atoms with Crippen molar-refractivity contribution in [2.45, 2.75) is 37.8 Å². The smallest absolute Gasteiger partial charge is 0.123 e. The summed E-state index contributed by atoms with van der Waals surface area (Å²) in [5.74, 6) is 1.69. The van der Waals surface area contributed by atoms with E-state index in [0.717, 1.165) is 49.3 Å². The lowest BCUT2D eigenvalue weighted by atomic mass is 10.0. The Balaban J connectivity index is 2.04. The molecule has 0 unspecified atom stereocenters. The highest BCUT2D eigenvalue weighted by Crippen LogP contribution is 2.31. The number of nitrogens with zero attached hydrogens (tertiary/aromatic N) is 1. The number of hydrogen-bond acceptors (Lipinski definition) is 4. The maximum atomic E-state index is 10.5. The van der Waals surface area contributed by atoms with Crippen LogP contribution in [0.1, 0.15) is 31.2 Å². The highest BCUT2D eigenvalue weighted by molar-refractivity contribution is 5.40. The summed E-state index contributed by atoms with van der Waals surface area (Å²) in [7, 11) is 5.38. The van der Waals surface area contributed by atoms with E-state index in [9.17, 15) is 5.11 Å². The van der Waals surface area contributed by atoms with Crippen LogP contribution in [0, 0.1) is 0 Å². The Labute approximate surface area is 121 Å². The monoisotopic (exact) mass is 279 g/mol. The van der Waals surface area contributed by atoms with Crippen molar-refractivity contribution >= 4 is 0 Å². The molecule has 0 heterocycles. The maximum Gasteiger partial charge on any atom is 0.123 e. The van der Waals surface area contributed by atoms with Crippen LogP contribution < -0.4 is 9.47 Å². The zero-order chi connectivity index (χ0) is 14.6. The van der Waals surface area contributed by atoms with Crippen LogP contribution in [0.25, 0.3) is 0 Å². The minimum absolute atomic E-state index is 0.513. The lowest BCUT2D eigenvalue weighted by molar-refractivity contribution is 0.0144. The van der Waals surface area contributed by atoms with Crippen molar-refractivity contribution in [3.05, 3.63) is 23.8 Å². The molecule has 1 fully saturated rings. The number of ether oxygens (including phenoxy) is 2. The highest BCUT2D eigenvalue weighted by atomic mass is 16.5. The Bertz CT molecular complexity index is 441. The molecule has 0 spiro atoms. The largest absolute Gasteiger partial charge is 0.497 e. The Kier molecular flexibility index (Phi) is 4.89. The number of benzene rings is 1. The number of hydrogen-bond donors (Lipinski definition) is 1. The van der Waals surface area contributed by atoms with Crippen molar-refractivity contribution in [3.8, 4) is 11.5 Å². The Morgan fingerprint density at radius 1 is 1.20 bits per heavy atom. The Hall–Kier alpha value is -1.26. The van der Waals surface area contributed by atoms with E-state index in [1.54, 1.807) is 14.2 Å². The molecule has 20 heavy (non-hydrogen) atoms. The maximum absolute atomic E-state index is 10.5. The van der Waals surface area contributed by atoms with E-state index in [4.69, 9.17) is 9.47 Å². The molecule has 1 N–H and O–H groups in total. The molecular formula is C16H25NO3. The van der Waals surface area contributed by atoms with E-state index in [2.05, 4.69) is 4.90 Å². The lowest BCUT2D eigenvalue weighted by Gasteiger charge is -2.29. The van der Waals surface area contributed by atoms with Gasteiger partial charge in [0.25, 0.3) is 0 Å². The van der Waals surface area contributed by atoms with Gasteiger partial charge in [0, 0.05) is 18.7 Å². The van der Waals surface area contributed by atoms with Crippen LogP contribution in [0.2, 0.25) is 0 Å².